The first-order chi connectivity index (χ1) is 11.6. The zero-order chi connectivity index (χ0) is 16.9. The van der Waals surface area contributed by atoms with Gasteiger partial charge in [-0.3, -0.25) is 4.79 Å². The summed E-state index contributed by atoms with van der Waals surface area (Å²) in [4.78, 5) is 16.5. The predicted octanol–water partition coefficient (Wildman–Crippen LogP) is 3.51. The van der Waals surface area contributed by atoms with Gasteiger partial charge in [-0.1, -0.05) is 19.3 Å². The second-order valence-corrected chi connectivity index (χ2v) is 6.18. The summed E-state index contributed by atoms with van der Waals surface area (Å²) < 4.78 is 20.5. The van der Waals surface area contributed by atoms with Crippen LogP contribution >= 0.6 is 0 Å². The van der Waals surface area contributed by atoms with Crippen LogP contribution in [0.3, 0.4) is 0 Å². The molecule has 6 heteroatoms. The molecule has 1 amide bonds. The number of benzene rings is 1. The highest BCUT2D eigenvalue weighted by Gasteiger charge is 2.17. The van der Waals surface area contributed by atoms with Gasteiger partial charge in [-0.25, -0.2) is 9.37 Å². The summed E-state index contributed by atoms with van der Waals surface area (Å²) >= 11 is 0. The van der Waals surface area contributed by atoms with Gasteiger partial charge in [0.15, 0.2) is 0 Å². The highest BCUT2D eigenvalue weighted by molar-refractivity contribution is 5.94. The number of rotatable bonds is 5. The fraction of sp³-hybridized carbons (Fsp3) is 0.444. The summed E-state index contributed by atoms with van der Waals surface area (Å²) in [5.74, 6) is 0.0764. The number of carbonyl (C=O) groups excluding carboxylic acids is 1. The van der Waals surface area contributed by atoms with E-state index in [9.17, 15) is 9.18 Å². The van der Waals surface area contributed by atoms with Crippen molar-refractivity contribution in [3.8, 4) is 11.3 Å². The molecule has 1 N–H and O–H groups in total. The topological polar surface area (TPSA) is 56.2 Å². The molecule has 1 aliphatic rings. The van der Waals surface area contributed by atoms with Gasteiger partial charge in [0, 0.05) is 12.6 Å². The van der Waals surface area contributed by atoms with Crippen molar-refractivity contribution < 1.29 is 13.9 Å². The Bertz CT molecular complexity index is 691. The van der Waals surface area contributed by atoms with E-state index < -0.39 is 0 Å². The molecular formula is C18H22FN3O2. The van der Waals surface area contributed by atoms with Crippen LogP contribution in [0.15, 0.2) is 30.6 Å². The summed E-state index contributed by atoms with van der Waals surface area (Å²) in [5, 5.41) is 2.85. The number of ether oxygens (including phenoxy) is 1. The number of aromatic nitrogens is 2. The normalized spacial score (nSPS) is 15.4. The first-order valence-electron chi connectivity index (χ1n) is 8.32. The van der Waals surface area contributed by atoms with Gasteiger partial charge >= 0.3 is 0 Å². The zero-order valence-electron chi connectivity index (χ0n) is 13.8. The largest absolute Gasteiger partial charge is 0.368 e. The molecule has 0 unspecified atom stereocenters. The Morgan fingerprint density at radius 1 is 1.29 bits per heavy atom. The molecule has 128 valence electrons. The Morgan fingerprint density at radius 2 is 2.00 bits per heavy atom. The monoisotopic (exact) mass is 331 g/mol. The third-order valence-corrected chi connectivity index (χ3v) is 4.31. The van der Waals surface area contributed by atoms with Gasteiger partial charge in [0.05, 0.1) is 12.4 Å². The zero-order valence-corrected chi connectivity index (χ0v) is 13.8. The van der Waals surface area contributed by atoms with E-state index in [1.807, 2.05) is 0 Å². The van der Waals surface area contributed by atoms with Gasteiger partial charge in [-0.2, -0.15) is 0 Å². The van der Waals surface area contributed by atoms with Crippen LogP contribution in [-0.4, -0.2) is 28.2 Å². The van der Waals surface area contributed by atoms with Gasteiger partial charge in [0.1, 0.15) is 23.9 Å². The lowest BCUT2D eigenvalue weighted by Crippen LogP contribution is -2.25. The molecule has 0 saturated heterocycles. The lowest BCUT2D eigenvalue weighted by molar-refractivity contribution is -0.123. The van der Waals surface area contributed by atoms with Crippen molar-refractivity contribution >= 4 is 11.7 Å². The van der Waals surface area contributed by atoms with Crippen molar-refractivity contribution in [3.05, 3.63) is 36.4 Å². The third kappa shape index (κ3) is 4.00. The second-order valence-electron chi connectivity index (χ2n) is 6.18. The average molecular weight is 331 g/mol. The SMILES string of the molecule is Cn1cnc(-c2ccc(F)cc2)c1NC(=O)COC1CCCCC1. The molecule has 3 rings (SSSR count). The minimum absolute atomic E-state index is 0.0404. The number of carbonyl (C=O) groups is 1. The summed E-state index contributed by atoms with van der Waals surface area (Å²) in [6.07, 6.45) is 7.45. The number of aryl methyl sites for hydroxylation is 1. The minimum atomic E-state index is -0.304. The van der Waals surface area contributed by atoms with Gasteiger partial charge in [0.2, 0.25) is 0 Å². The van der Waals surface area contributed by atoms with E-state index >= 15 is 0 Å². The number of imidazole rings is 1. The number of nitrogens with zero attached hydrogens (tertiary/aromatic N) is 2. The Labute approximate surface area is 140 Å². The number of halogens is 1. The van der Waals surface area contributed by atoms with Crippen molar-refractivity contribution in [2.24, 2.45) is 7.05 Å². The van der Waals surface area contributed by atoms with E-state index in [-0.39, 0.29) is 24.4 Å². The molecule has 1 fully saturated rings. The minimum Gasteiger partial charge on any atom is -0.368 e. The van der Waals surface area contributed by atoms with E-state index in [1.54, 1.807) is 30.1 Å². The molecule has 0 aliphatic heterocycles. The number of hydrogen-bond donors (Lipinski definition) is 1. The summed E-state index contributed by atoms with van der Waals surface area (Å²) in [5.41, 5.74) is 1.36. The maximum absolute atomic E-state index is 13.1. The molecule has 0 radical (unpaired) electrons. The van der Waals surface area contributed by atoms with Crippen LogP contribution < -0.4 is 5.32 Å². The van der Waals surface area contributed by atoms with Crippen LogP contribution in [0.1, 0.15) is 32.1 Å². The molecule has 1 aromatic carbocycles. The standard InChI is InChI=1S/C18H22FN3O2/c1-22-12-20-17(13-7-9-14(19)10-8-13)18(22)21-16(23)11-24-15-5-3-2-4-6-15/h7-10,12,15H,2-6,11H2,1H3,(H,21,23). The van der Waals surface area contributed by atoms with E-state index in [0.717, 1.165) is 18.4 Å². The third-order valence-electron chi connectivity index (χ3n) is 4.31. The molecule has 1 saturated carbocycles. The molecule has 0 bridgehead atoms. The van der Waals surface area contributed by atoms with Crippen LogP contribution in [0, 0.1) is 5.82 Å². The fourth-order valence-corrected chi connectivity index (χ4v) is 2.99. The Hall–Kier alpha value is -2.21. The molecular weight excluding hydrogens is 309 g/mol. The van der Waals surface area contributed by atoms with Crippen LogP contribution in [-0.2, 0) is 16.6 Å². The molecule has 0 atom stereocenters. The Balaban J connectivity index is 1.65. The molecule has 1 aromatic heterocycles. The van der Waals surface area contributed by atoms with Gasteiger partial charge < -0.3 is 14.6 Å². The summed E-state index contributed by atoms with van der Waals surface area (Å²) in [7, 11) is 1.80. The Morgan fingerprint density at radius 3 is 2.71 bits per heavy atom. The first kappa shape index (κ1) is 16.6. The lowest BCUT2D eigenvalue weighted by Gasteiger charge is -2.21. The molecule has 1 heterocycles. The predicted molar refractivity (Wildman–Crippen MR) is 90.1 cm³/mol. The smallest absolute Gasteiger partial charge is 0.251 e. The number of anilines is 1. The number of hydrogen-bond acceptors (Lipinski definition) is 3. The van der Waals surface area contributed by atoms with E-state index in [2.05, 4.69) is 10.3 Å². The Kier molecular flexibility index (Phi) is 5.25. The van der Waals surface area contributed by atoms with Crippen LogP contribution in [0.2, 0.25) is 0 Å². The molecule has 2 aromatic rings. The van der Waals surface area contributed by atoms with Crippen LogP contribution in [0.4, 0.5) is 10.2 Å². The van der Waals surface area contributed by atoms with Crippen molar-refractivity contribution in [1.82, 2.24) is 9.55 Å². The molecule has 24 heavy (non-hydrogen) atoms. The van der Waals surface area contributed by atoms with E-state index in [0.29, 0.717) is 11.5 Å². The highest BCUT2D eigenvalue weighted by atomic mass is 19.1. The maximum atomic E-state index is 13.1. The van der Waals surface area contributed by atoms with Gasteiger partial charge in [-0.15, -0.1) is 0 Å². The maximum Gasteiger partial charge on any atom is 0.251 e. The number of nitrogens with one attached hydrogen (secondary N) is 1. The average Bonchev–Trinajstić information content (AvgIpc) is 2.95. The van der Waals surface area contributed by atoms with Crippen molar-refractivity contribution in [2.45, 2.75) is 38.2 Å². The molecule has 1 aliphatic carbocycles. The van der Waals surface area contributed by atoms with Crippen molar-refractivity contribution in [2.75, 3.05) is 11.9 Å². The van der Waals surface area contributed by atoms with E-state index in [1.165, 1.54) is 31.4 Å². The lowest BCUT2D eigenvalue weighted by atomic mass is 9.98. The molecule has 0 spiro atoms. The van der Waals surface area contributed by atoms with E-state index in [4.69, 9.17) is 4.74 Å². The van der Waals surface area contributed by atoms with Gasteiger partial charge in [-0.05, 0) is 37.1 Å². The highest BCUT2D eigenvalue weighted by Crippen LogP contribution is 2.26. The fourth-order valence-electron chi connectivity index (χ4n) is 2.99. The molecule has 5 nitrogen and oxygen atoms in total. The summed E-state index contributed by atoms with van der Waals surface area (Å²) in [6.45, 7) is 0.0404. The van der Waals surface area contributed by atoms with Crippen molar-refractivity contribution in [3.63, 3.8) is 0 Å². The van der Waals surface area contributed by atoms with Crippen LogP contribution in [0.5, 0.6) is 0 Å². The quantitative estimate of drug-likeness (QED) is 0.912. The number of amides is 1. The van der Waals surface area contributed by atoms with Crippen molar-refractivity contribution in [1.29, 1.82) is 0 Å². The van der Waals surface area contributed by atoms with Crippen LogP contribution in [0.25, 0.3) is 11.3 Å². The summed E-state index contributed by atoms with van der Waals surface area (Å²) in [6, 6.07) is 6.04. The van der Waals surface area contributed by atoms with Gasteiger partial charge in [0.25, 0.3) is 5.91 Å². The first-order valence-corrected chi connectivity index (χ1v) is 8.32. The second kappa shape index (κ2) is 7.57.